The van der Waals surface area contributed by atoms with Crippen LogP contribution in [-0.2, 0) is 11.0 Å². The van der Waals surface area contributed by atoms with E-state index in [0.717, 1.165) is 18.7 Å². The number of anilines is 2. The number of benzene rings is 1. The second-order valence-corrected chi connectivity index (χ2v) is 7.91. The predicted octanol–water partition coefficient (Wildman–Crippen LogP) is 3.84. The number of hydrogen-bond acceptors (Lipinski definition) is 4. The van der Waals surface area contributed by atoms with Gasteiger partial charge in [-0.2, -0.15) is 13.2 Å². The van der Waals surface area contributed by atoms with Gasteiger partial charge in [-0.25, -0.2) is 4.98 Å². The summed E-state index contributed by atoms with van der Waals surface area (Å²) in [7, 11) is 0. The molecule has 2 aliphatic rings. The van der Waals surface area contributed by atoms with E-state index in [1.807, 2.05) is 6.07 Å². The maximum absolute atomic E-state index is 13.0. The third-order valence-corrected chi connectivity index (χ3v) is 5.77. The molecule has 0 saturated carbocycles. The highest BCUT2D eigenvalue weighted by molar-refractivity contribution is 6.33. The molecule has 2 aliphatic heterocycles. The van der Waals surface area contributed by atoms with Crippen LogP contribution in [0.15, 0.2) is 36.5 Å². The maximum Gasteiger partial charge on any atom is 0.417 e. The van der Waals surface area contributed by atoms with Crippen molar-refractivity contribution in [3.63, 3.8) is 0 Å². The summed E-state index contributed by atoms with van der Waals surface area (Å²) in [5.41, 5.74) is 0.315. The maximum atomic E-state index is 13.0. The molecule has 3 heterocycles. The zero-order valence-electron chi connectivity index (χ0n) is 16.5. The molecule has 0 bridgehead atoms. The molecular weight excluding hydrogens is 433 g/mol. The summed E-state index contributed by atoms with van der Waals surface area (Å²) >= 11 is 6.04. The quantitative estimate of drug-likeness (QED) is 0.710. The Hall–Kier alpha value is -2.81. The van der Waals surface area contributed by atoms with E-state index >= 15 is 0 Å². The molecule has 4 rings (SSSR count). The molecule has 1 aromatic heterocycles. The zero-order chi connectivity index (χ0) is 22.2. The number of hydrogen-bond donors (Lipinski definition) is 0. The number of alkyl halides is 3. The average molecular weight is 453 g/mol. The second kappa shape index (κ2) is 8.37. The van der Waals surface area contributed by atoms with Gasteiger partial charge in [-0.1, -0.05) is 17.7 Å². The van der Waals surface area contributed by atoms with Gasteiger partial charge in [-0.15, -0.1) is 0 Å². The molecule has 0 radical (unpaired) electrons. The second-order valence-electron chi connectivity index (χ2n) is 7.51. The minimum Gasteiger partial charge on any atom is -0.352 e. The van der Waals surface area contributed by atoms with Gasteiger partial charge >= 0.3 is 6.18 Å². The van der Waals surface area contributed by atoms with Crippen molar-refractivity contribution < 1.29 is 22.8 Å². The Bertz CT molecular complexity index is 1010. The highest BCUT2D eigenvalue weighted by atomic mass is 35.5. The number of carbonyl (C=O) groups excluding carboxylic acids is 2. The van der Waals surface area contributed by atoms with Crippen molar-refractivity contribution in [3.8, 4) is 0 Å². The van der Waals surface area contributed by atoms with E-state index in [9.17, 15) is 22.8 Å². The van der Waals surface area contributed by atoms with E-state index in [1.165, 1.54) is 0 Å². The van der Waals surface area contributed by atoms with Crippen LogP contribution in [0.25, 0.3) is 0 Å². The molecule has 0 aliphatic carbocycles. The van der Waals surface area contributed by atoms with Gasteiger partial charge in [0.25, 0.3) is 5.91 Å². The van der Waals surface area contributed by atoms with E-state index < -0.39 is 11.7 Å². The molecule has 2 amide bonds. The molecule has 0 atom stereocenters. The van der Waals surface area contributed by atoms with Crippen LogP contribution >= 0.6 is 11.6 Å². The SMILES string of the molecule is O=C(c1cccc(N2CCCC2=O)c1)N1CCN(c2ncc(C(F)(F)F)cc2Cl)CC1. The lowest BCUT2D eigenvalue weighted by molar-refractivity contribution is -0.137. The number of nitrogens with zero attached hydrogens (tertiary/aromatic N) is 4. The monoisotopic (exact) mass is 452 g/mol. The van der Waals surface area contributed by atoms with Crippen LogP contribution in [0.2, 0.25) is 5.02 Å². The normalized spacial score (nSPS) is 17.4. The van der Waals surface area contributed by atoms with Crippen LogP contribution in [0.3, 0.4) is 0 Å². The van der Waals surface area contributed by atoms with Crippen LogP contribution < -0.4 is 9.80 Å². The number of pyridine rings is 1. The number of halogens is 4. The van der Waals surface area contributed by atoms with Gasteiger partial charge in [0.05, 0.1) is 10.6 Å². The van der Waals surface area contributed by atoms with Crippen molar-refractivity contribution >= 4 is 34.9 Å². The van der Waals surface area contributed by atoms with Crippen LogP contribution in [-0.4, -0.2) is 54.4 Å². The lowest BCUT2D eigenvalue weighted by Gasteiger charge is -2.36. The zero-order valence-corrected chi connectivity index (χ0v) is 17.3. The van der Waals surface area contributed by atoms with Gasteiger partial charge in [0.15, 0.2) is 0 Å². The van der Waals surface area contributed by atoms with E-state index in [-0.39, 0.29) is 22.7 Å². The summed E-state index contributed by atoms with van der Waals surface area (Å²) in [5.74, 6) is 0.176. The van der Waals surface area contributed by atoms with Crippen molar-refractivity contribution in [3.05, 3.63) is 52.7 Å². The molecule has 0 unspecified atom stereocenters. The molecule has 6 nitrogen and oxygen atoms in total. The molecular formula is C21H20ClF3N4O2. The average Bonchev–Trinajstić information content (AvgIpc) is 3.19. The summed E-state index contributed by atoms with van der Waals surface area (Å²) in [6.07, 6.45) is -2.42. The third-order valence-electron chi connectivity index (χ3n) is 5.49. The predicted molar refractivity (Wildman–Crippen MR) is 110 cm³/mol. The van der Waals surface area contributed by atoms with Gasteiger partial charge < -0.3 is 14.7 Å². The Morgan fingerprint density at radius 2 is 1.81 bits per heavy atom. The minimum atomic E-state index is -4.51. The fourth-order valence-electron chi connectivity index (χ4n) is 3.85. The molecule has 2 saturated heterocycles. The van der Waals surface area contributed by atoms with E-state index in [2.05, 4.69) is 4.98 Å². The summed E-state index contributed by atoms with van der Waals surface area (Å²) in [6.45, 7) is 2.20. The Kier molecular flexibility index (Phi) is 5.79. The molecule has 10 heteroatoms. The smallest absolute Gasteiger partial charge is 0.352 e. The first-order valence-electron chi connectivity index (χ1n) is 9.91. The molecule has 1 aromatic carbocycles. The summed E-state index contributed by atoms with van der Waals surface area (Å²) in [4.78, 5) is 34.0. The van der Waals surface area contributed by atoms with Crippen molar-refractivity contribution in [2.75, 3.05) is 42.5 Å². The summed E-state index contributed by atoms with van der Waals surface area (Å²) < 4.78 is 38.4. The van der Waals surface area contributed by atoms with E-state index in [1.54, 1.807) is 32.9 Å². The topological polar surface area (TPSA) is 56.8 Å². The highest BCUT2D eigenvalue weighted by Crippen LogP contribution is 2.34. The Morgan fingerprint density at radius 3 is 2.42 bits per heavy atom. The molecule has 2 aromatic rings. The van der Waals surface area contributed by atoms with Gasteiger partial charge in [0, 0.05) is 56.6 Å². The van der Waals surface area contributed by atoms with Gasteiger partial charge in [0.1, 0.15) is 5.82 Å². The van der Waals surface area contributed by atoms with Crippen LogP contribution in [0.4, 0.5) is 24.7 Å². The molecule has 2 fully saturated rings. The lowest BCUT2D eigenvalue weighted by atomic mass is 10.1. The molecule has 0 spiro atoms. The van der Waals surface area contributed by atoms with Crippen LogP contribution in [0.1, 0.15) is 28.8 Å². The van der Waals surface area contributed by atoms with E-state index in [0.29, 0.717) is 50.4 Å². The number of aromatic nitrogens is 1. The first-order valence-corrected chi connectivity index (χ1v) is 10.3. The Labute approximate surface area is 182 Å². The van der Waals surface area contributed by atoms with Gasteiger partial charge in [-0.3, -0.25) is 9.59 Å². The van der Waals surface area contributed by atoms with Gasteiger partial charge in [-0.05, 0) is 30.7 Å². The highest BCUT2D eigenvalue weighted by Gasteiger charge is 2.32. The first-order chi connectivity index (χ1) is 14.7. The number of carbonyl (C=O) groups is 2. The van der Waals surface area contributed by atoms with Crippen LogP contribution in [0.5, 0.6) is 0 Å². The lowest BCUT2D eigenvalue weighted by Crippen LogP contribution is -2.49. The number of amides is 2. The van der Waals surface area contributed by atoms with Crippen molar-refractivity contribution in [1.82, 2.24) is 9.88 Å². The first kappa shape index (κ1) is 21.4. The third kappa shape index (κ3) is 4.46. The largest absolute Gasteiger partial charge is 0.417 e. The summed E-state index contributed by atoms with van der Waals surface area (Å²) in [5, 5.41) is -0.0717. The standard InChI is InChI=1S/C21H20ClF3N4O2/c22-17-12-15(21(23,24)25)13-26-19(17)27-7-9-28(10-8-27)20(31)14-3-1-4-16(11-14)29-6-2-5-18(29)30/h1,3-4,11-13H,2,5-10H2. The molecule has 164 valence electrons. The molecule has 31 heavy (non-hydrogen) atoms. The van der Waals surface area contributed by atoms with E-state index in [4.69, 9.17) is 11.6 Å². The Morgan fingerprint density at radius 1 is 1.06 bits per heavy atom. The number of piperazine rings is 1. The fourth-order valence-corrected chi connectivity index (χ4v) is 4.14. The van der Waals surface area contributed by atoms with Gasteiger partial charge in [0.2, 0.25) is 5.91 Å². The molecule has 0 N–H and O–H groups in total. The van der Waals surface area contributed by atoms with Crippen molar-refractivity contribution in [1.29, 1.82) is 0 Å². The van der Waals surface area contributed by atoms with Crippen molar-refractivity contribution in [2.24, 2.45) is 0 Å². The minimum absolute atomic E-state index is 0.0548. The Balaban J connectivity index is 1.42. The summed E-state index contributed by atoms with van der Waals surface area (Å²) in [6, 6.07) is 7.89. The van der Waals surface area contributed by atoms with Crippen molar-refractivity contribution in [2.45, 2.75) is 19.0 Å². The fraction of sp³-hybridized carbons (Fsp3) is 0.381. The van der Waals surface area contributed by atoms with Crippen LogP contribution in [0, 0.1) is 0 Å². The number of rotatable bonds is 3.